The molecule has 6 nitrogen and oxygen atoms in total. The van der Waals surface area contributed by atoms with E-state index in [-0.39, 0.29) is 11.3 Å². The second kappa shape index (κ2) is 7.23. The first kappa shape index (κ1) is 16.8. The number of imidazole rings is 1. The number of hydrogen-bond acceptors (Lipinski definition) is 5. The third-order valence-corrected chi connectivity index (χ3v) is 3.54. The lowest BCUT2D eigenvalue weighted by Gasteiger charge is -2.06. The lowest BCUT2D eigenvalue weighted by atomic mass is 10.1. The van der Waals surface area contributed by atoms with Crippen LogP contribution in [0.3, 0.4) is 0 Å². The molecule has 2 aromatic heterocycles. The fraction of sp³-hybridized carbons (Fsp3) is 0.0588. The van der Waals surface area contributed by atoms with Crippen LogP contribution in [-0.4, -0.2) is 27.4 Å². The summed E-state index contributed by atoms with van der Waals surface area (Å²) in [6.45, 7) is 5.12. The Labute approximate surface area is 148 Å². The molecule has 2 heterocycles. The molecule has 0 amide bonds. The van der Waals surface area contributed by atoms with E-state index < -0.39 is 5.82 Å². The zero-order valence-electron chi connectivity index (χ0n) is 13.3. The Kier molecular flexibility index (Phi) is 4.85. The minimum atomic E-state index is -0.455. The van der Waals surface area contributed by atoms with Gasteiger partial charge in [-0.1, -0.05) is 11.6 Å². The molecular formula is C17H14ClFN6. The first-order valence-corrected chi connectivity index (χ1v) is 7.70. The van der Waals surface area contributed by atoms with Crippen LogP contribution in [0.5, 0.6) is 0 Å². The topological polar surface area (TPSA) is 78.3 Å². The van der Waals surface area contributed by atoms with Gasteiger partial charge in [0.2, 0.25) is 5.95 Å². The van der Waals surface area contributed by atoms with E-state index in [9.17, 15) is 4.39 Å². The molecule has 8 heteroatoms. The van der Waals surface area contributed by atoms with Gasteiger partial charge < -0.3 is 10.3 Å². The van der Waals surface area contributed by atoms with E-state index in [1.54, 1.807) is 25.3 Å². The maximum absolute atomic E-state index is 14.1. The summed E-state index contributed by atoms with van der Waals surface area (Å²) in [7, 11) is 0. The number of halogens is 2. The standard InChI is InChI=1S/C17H14ClFN6/c1-10(22-17-23-14-4-3-7-21-16(14)24-17)8-15(25-20-2)12-9-11(18)5-6-13(12)19/h3-9H,2H2,1H3,(H2,21,22,23,24)/b10-8+,25-15+. The molecule has 0 radical (unpaired) electrons. The Hall–Kier alpha value is -3.06. The number of rotatable bonds is 5. The molecule has 0 aliphatic heterocycles. The Balaban J connectivity index is 1.91. The average molecular weight is 357 g/mol. The SMILES string of the molecule is C=N/N=C(\C=C(/C)Nc1nc2cccnc2[nH]1)c1cc(Cl)ccc1F. The van der Waals surface area contributed by atoms with Crippen molar-refractivity contribution < 1.29 is 4.39 Å². The number of pyridine rings is 1. The number of allylic oxidation sites excluding steroid dienone is 2. The third-order valence-electron chi connectivity index (χ3n) is 3.31. The van der Waals surface area contributed by atoms with Crippen molar-refractivity contribution in [3.05, 3.63) is 64.7 Å². The molecule has 0 bridgehead atoms. The number of aromatic amines is 1. The van der Waals surface area contributed by atoms with Gasteiger partial charge in [0.25, 0.3) is 0 Å². The highest BCUT2D eigenvalue weighted by atomic mass is 35.5. The number of hydrogen-bond donors (Lipinski definition) is 2. The van der Waals surface area contributed by atoms with Crippen LogP contribution in [0.2, 0.25) is 5.02 Å². The van der Waals surface area contributed by atoms with Crippen molar-refractivity contribution in [1.29, 1.82) is 0 Å². The Morgan fingerprint density at radius 2 is 2.24 bits per heavy atom. The van der Waals surface area contributed by atoms with Gasteiger partial charge in [-0.3, -0.25) is 0 Å². The zero-order valence-corrected chi connectivity index (χ0v) is 14.0. The smallest absolute Gasteiger partial charge is 0.206 e. The summed E-state index contributed by atoms with van der Waals surface area (Å²) in [6, 6.07) is 7.88. The summed E-state index contributed by atoms with van der Waals surface area (Å²) in [4.78, 5) is 11.6. The lowest BCUT2D eigenvalue weighted by molar-refractivity contribution is 0.625. The van der Waals surface area contributed by atoms with Crippen molar-refractivity contribution in [3.8, 4) is 0 Å². The van der Waals surface area contributed by atoms with E-state index in [0.29, 0.717) is 22.3 Å². The third kappa shape index (κ3) is 3.89. The molecule has 126 valence electrons. The minimum Gasteiger partial charge on any atom is -0.330 e. The van der Waals surface area contributed by atoms with Crippen LogP contribution in [0.25, 0.3) is 11.2 Å². The largest absolute Gasteiger partial charge is 0.330 e. The summed E-state index contributed by atoms with van der Waals surface area (Å²) >= 11 is 5.95. The van der Waals surface area contributed by atoms with Crippen molar-refractivity contribution in [2.75, 3.05) is 5.32 Å². The molecular weight excluding hydrogens is 343 g/mol. The predicted octanol–water partition coefficient (Wildman–Crippen LogP) is 4.17. The number of fused-ring (bicyclic) bond motifs is 1. The van der Waals surface area contributed by atoms with Crippen LogP contribution >= 0.6 is 11.6 Å². The van der Waals surface area contributed by atoms with Crippen LogP contribution < -0.4 is 5.32 Å². The Morgan fingerprint density at radius 3 is 3.00 bits per heavy atom. The van der Waals surface area contributed by atoms with Gasteiger partial charge in [0.15, 0.2) is 5.65 Å². The molecule has 1 aromatic carbocycles. The maximum atomic E-state index is 14.1. The molecule has 0 unspecified atom stereocenters. The number of nitrogens with zero attached hydrogens (tertiary/aromatic N) is 4. The molecule has 0 fully saturated rings. The second-order valence-electron chi connectivity index (χ2n) is 5.16. The van der Waals surface area contributed by atoms with E-state index in [0.717, 1.165) is 5.52 Å². The fourth-order valence-corrected chi connectivity index (χ4v) is 2.43. The van der Waals surface area contributed by atoms with Gasteiger partial charge >= 0.3 is 0 Å². The van der Waals surface area contributed by atoms with E-state index in [4.69, 9.17) is 11.6 Å². The van der Waals surface area contributed by atoms with E-state index in [2.05, 4.69) is 37.2 Å². The number of aromatic nitrogens is 3. The summed E-state index contributed by atoms with van der Waals surface area (Å²) in [5, 5.41) is 10.9. The van der Waals surface area contributed by atoms with E-state index in [1.807, 2.05) is 6.07 Å². The maximum Gasteiger partial charge on any atom is 0.206 e. The number of anilines is 1. The van der Waals surface area contributed by atoms with Crippen molar-refractivity contribution in [2.45, 2.75) is 6.92 Å². The molecule has 0 aliphatic carbocycles. The second-order valence-corrected chi connectivity index (χ2v) is 5.60. The fourth-order valence-electron chi connectivity index (χ4n) is 2.26. The van der Waals surface area contributed by atoms with Crippen LogP contribution in [0.15, 0.2) is 58.5 Å². The van der Waals surface area contributed by atoms with Crippen LogP contribution in [0.4, 0.5) is 10.3 Å². The molecule has 0 aliphatic rings. The van der Waals surface area contributed by atoms with Gasteiger partial charge in [-0.25, -0.2) is 14.4 Å². The van der Waals surface area contributed by atoms with Gasteiger partial charge in [0.05, 0.1) is 5.71 Å². The zero-order chi connectivity index (χ0) is 17.8. The van der Waals surface area contributed by atoms with Crippen molar-refractivity contribution >= 4 is 41.1 Å². The predicted molar refractivity (Wildman–Crippen MR) is 98.8 cm³/mol. The highest BCUT2D eigenvalue weighted by molar-refractivity contribution is 6.31. The normalized spacial score (nSPS) is 12.4. The number of nitrogens with one attached hydrogen (secondary N) is 2. The first-order valence-electron chi connectivity index (χ1n) is 7.32. The number of benzene rings is 1. The molecule has 25 heavy (non-hydrogen) atoms. The van der Waals surface area contributed by atoms with Crippen LogP contribution in [0.1, 0.15) is 12.5 Å². The van der Waals surface area contributed by atoms with Crippen molar-refractivity contribution in [2.24, 2.45) is 10.2 Å². The van der Waals surface area contributed by atoms with Gasteiger partial charge in [0.1, 0.15) is 11.3 Å². The molecule has 0 saturated heterocycles. The number of H-pyrrole nitrogens is 1. The summed E-state index contributed by atoms with van der Waals surface area (Å²) in [5.74, 6) is 0.0590. The molecule has 0 saturated carbocycles. The summed E-state index contributed by atoms with van der Waals surface area (Å²) < 4.78 is 14.1. The van der Waals surface area contributed by atoms with E-state index in [1.165, 1.54) is 18.2 Å². The minimum absolute atomic E-state index is 0.229. The highest BCUT2D eigenvalue weighted by Gasteiger charge is 2.10. The van der Waals surface area contributed by atoms with Crippen molar-refractivity contribution in [3.63, 3.8) is 0 Å². The molecule has 2 N–H and O–H groups in total. The molecule has 3 rings (SSSR count). The average Bonchev–Trinajstić information content (AvgIpc) is 2.98. The molecule has 0 atom stereocenters. The van der Waals surface area contributed by atoms with E-state index >= 15 is 0 Å². The molecule has 0 spiro atoms. The highest BCUT2D eigenvalue weighted by Crippen LogP contribution is 2.18. The summed E-state index contributed by atoms with van der Waals surface area (Å²) in [6.07, 6.45) is 3.31. The summed E-state index contributed by atoms with van der Waals surface area (Å²) in [5.41, 5.74) is 2.59. The van der Waals surface area contributed by atoms with Crippen LogP contribution in [0, 0.1) is 5.82 Å². The molecule has 3 aromatic rings. The Bertz CT molecular complexity index is 959. The lowest BCUT2D eigenvalue weighted by Crippen LogP contribution is -2.05. The van der Waals surface area contributed by atoms with Gasteiger partial charge in [0, 0.05) is 29.2 Å². The first-order chi connectivity index (χ1) is 12.1. The monoisotopic (exact) mass is 356 g/mol. The Morgan fingerprint density at radius 1 is 1.40 bits per heavy atom. The van der Waals surface area contributed by atoms with Gasteiger partial charge in [-0.15, -0.1) is 0 Å². The van der Waals surface area contributed by atoms with Crippen LogP contribution in [-0.2, 0) is 0 Å². The quantitative estimate of drug-likeness (QED) is 0.532. The van der Waals surface area contributed by atoms with Gasteiger partial charge in [-0.05, 0) is 43.3 Å². The van der Waals surface area contributed by atoms with Crippen molar-refractivity contribution in [1.82, 2.24) is 15.0 Å². The van der Waals surface area contributed by atoms with Gasteiger partial charge in [-0.2, -0.15) is 10.2 Å².